The van der Waals surface area contributed by atoms with E-state index in [2.05, 4.69) is 27.8 Å². The maximum atomic E-state index is 12.9. The summed E-state index contributed by atoms with van der Waals surface area (Å²) in [5.41, 5.74) is 3.83. The van der Waals surface area contributed by atoms with Crippen LogP contribution in [0.3, 0.4) is 0 Å². The van der Waals surface area contributed by atoms with Gasteiger partial charge in [-0.25, -0.2) is 4.79 Å². The quantitative estimate of drug-likeness (QED) is 0.569. The first kappa shape index (κ1) is 22.0. The van der Waals surface area contributed by atoms with Gasteiger partial charge < -0.3 is 15.5 Å². The molecule has 2 aromatic carbocycles. The van der Waals surface area contributed by atoms with Crippen LogP contribution in [0, 0.1) is 6.92 Å². The molecule has 2 N–H and O–H groups in total. The molecule has 3 aromatic rings. The van der Waals surface area contributed by atoms with E-state index >= 15 is 0 Å². The van der Waals surface area contributed by atoms with Crippen molar-refractivity contribution in [3.63, 3.8) is 0 Å². The fraction of sp³-hybridized carbons (Fsp3) is 0.333. The average molecular weight is 450 g/mol. The van der Waals surface area contributed by atoms with Crippen LogP contribution in [-0.2, 0) is 6.42 Å². The number of aromatic nitrogens is 2. The van der Waals surface area contributed by atoms with Crippen molar-refractivity contribution in [3.05, 3.63) is 69.7 Å². The number of likely N-dealkylation sites (tertiary alicyclic amines) is 1. The first-order valence-corrected chi connectivity index (χ1v) is 11.7. The Morgan fingerprint density at radius 1 is 1.09 bits per heavy atom. The monoisotopic (exact) mass is 449 g/mol. The van der Waals surface area contributed by atoms with E-state index in [0.717, 1.165) is 46.8 Å². The lowest BCUT2D eigenvalue weighted by atomic mass is 9.99. The predicted octanol–water partition coefficient (Wildman–Crippen LogP) is 5.07. The van der Waals surface area contributed by atoms with E-state index in [-0.39, 0.29) is 17.9 Å². The molecule has 0 saturated carbocycles. The highest BCUT2D eigenvalue weighted by Gasteiger charge is 2.28. The van der Waals surface area contributed by atoms with Crippen molar-refractivity contribution in [1.29, 1.82) is 0 Å². The zero-order chi connectivity index (χ0) is 22.5. The summed E-state index contributed by atoms with van der Waals surface area (Å²) in [5.74, 6) is -0.187. The number of benzene rings is 2. The molecule has 1 aliphatic rings. The molecule has 1 atom stereocenters. The topological polar surface area (TPSA) is 87.2 Å². The average Bonchev–Trinajstić information content (AvgIpc) is 3.32. The van der Waals surface area contributed by atoms with E-state index in [1.807, 2.05) is 60.4 Å². The SMILES string of the molecule is CCc1ccccc1NC(=O)N1CCCC(c2nnc(C(=O)Nc3ccc(C)cc3)s2)C1. The van der Waals surface area contributed by atoms with Gasteiger partial charge in [-0.1, -0.05) is 54.2 Å². The molecule has 0 radical (unpaired) electrons. The highest BCUT2D eigenvalue weighted by Crippen LogP contribution is 2.30. The molecule has 1 saturated heterocycles. The molecule has 1 fully saturated rings. The van der Waals surface area contributed by atoms with Gasteiger partial charge in [-0.2, -0.15) is 0 Å². The molecule has 166 valence electrons. The van der Waals surface area contributed by atoms with Crippen molar-refractivity contribution >= 4 is 34.6 Å². The summed E-state index contributed by atoms with van der Waals surface area (Å²) in [6.45, 7) is 5.34. The number of amides is 3. The van der Waals surface area contributed by atoms with Crippen molar-refractivity contribution in [2.75, 3.05) is 23.7 Å². The fourth-order valence-electron chi connectivity index (χ4n) is 3.82. The maximum absolute atomic E-state index is 12.9. The van der Waals surface area contributed by atoms with Crippen LogP contribution >= 0.6 is 11.3 Å². The minimum atomic E-state index is -0.265. The van der Waals surface area contributed by atoms with Crippen LogP contribution < -0.4 is 10.6 Å². The van der Waals surface area contributed by atoms with Crippen LogP contribution in [0.5, 0.6) is 0 Å². The van der Waals surface area contributed by atoms with Crippen molar-refractivity contribution in [2.45, 2.75) is 39.0 Å². The van der Waals surface area contributed by atoms with Gasteiger partial charge in [-0.15, -0.1) is 10.2 Å². The van der Waals surface area contributed by atoms with Gasteiger partial charge in [0.2, 0.25) is 5.01 Å². The van der Waals surface area contributed by atoms with Crippen LogP contribution in [-0.4, -0.2) is 40.1 Å². The Balaban J connectivity index is 1.39. The summed E-state index contributed by atoms with van der Waals surface area (Å²) in [6.07, 6.45) is 2.67. The van der Waals surface area contributed by atoms with Crippen LogP contribution in [0.2, 0.25) is 0 Å². The minimum Gasteiger partial charge on any atom is -0.324 e. The third-order valence-corrected chi connectivity index (χ3v) is 6.73. The Morgan fingerprint density at radius 2 is 1.88 bits per heavy atom. The van der Waals surface area contributed by atoms with Crippen molar-refractivity contribution in [1.82, 2.24) is 15.1 Å². The van der Waals surface area contributed by atoms with Crippen LogP contribution in [0.25, 0.3) is 0 Å². The van der Waals surface area contributed by atoms with Crippen LogP contribution in [0.15, 0.2) is 48.5 Å². The zero-order valence-electron chi connectivity index (χ0n) is 18.3. The van der Waals surface area contributed by atoms with E-state index < -0.39 is 0 Å². The number of para-hydroxylation sites is 1. The predicted molar refractivity (Wildman–Crippen MR) is 127 cm³/mol. The van der Waals surface area contributed by atoms with E-state index in [4.69, 9.17) is 0 Å². The molecule has 32 heavy (non-hydrogen) atoms. The molecular formula is C24H27N5O2S. The van der Waals surface area contributed by atoms with Gasteiger partial charge in [-0.05, 0) is 49.9 Å². The summed E-state index contributed by atoms with van der Waals surface area (Å²) >= 11 is 1.30. The lowest BCUT2D eigenvalue weighted by Crippen LogP contribution is -2.41. The largest absolute Gasteiger partial charge is 0.324 e. The second kappa shape index (κ2) is 9.91. The van der Waals surface area contributed by atoms with Gasteiger partial charge in [0.05, 0.1) is 0 Å². The van der Waals surface area contributed by atoms with Gasteiger partial charge in [0.25, 0.3) is 5.91 Å². The minimum absolute atomic E-state index is 0.0781. The van der Waals surface area contributed by atoms with Gasteiger partial charge >= 0.3 is 6.03 Å². The molecule has 0 spiro atoms. The van der Waals surface area contributed by atoms with E-state index in [9.17, 15) is 9.59 Å². The smallest absolute Gasteiger partial charge is 0.321 e. The van der Waals surface area contributed by atoms with E-state index in [0.29, 0.717) is 18.1 Å². The molecular weight excluding hydrogens is 422 g/mol. The fourth-order valence-corrected chi connectivity index (χ4v) is 4.68. The van der Waals surface area contributed by atoms with Crippen molar-refractivity contribution in [2.24, 2.45) is 0 Å². The second-order valence-corrected chi connectivity index (χ2v) is 9.00. The molecule has 3 amide bonds. The number of nitrogens with one attached hydrogen (secondary N) is 2. The lowest BCUT2D eigenvalue weighted by molar-refractivity contribution is 0.102. The van der Waals surface area contributed by atoms with Crippen LogP contribution in [0.4, 0.5) is 16.2 Å². The Morgan fingerprint density at radius 3 is 2.66 bits per heavy atom. The van der Waals surface area contributed by atoms with Crippen molar-refractivity contribution < 1.29 is 9.59 Å². The number of urea groups is 1. The number of rotatable bonds is 5. The summed E-state index contributed by atoms with van der Waals surface area (Å²) in [4.78, 5) is 27.3. The second-order valence-electron chi connectivity index (χ2n) is 7.99. The third-order valence-electron chi connectivity index (χ3n) is 5.64. The summed E-state index contributed by atoms with van der Waals surface area (Å²) in [6, 6.07) is 15.4. The molecule has 7 nitrogen and oxygen atoms in total. The van der Waals surface area contributed by atoms with Gasteiger partial charge in [0.15, 0.2) is 0 Å². The molecule has 1 aliphatic heterocycles. The molecule has 1 unspecified atom stereocenters. The number of anilines is 2. The summed E-state index contributed by atoms with van der Waals surface area (Å²) < 4.78 is 0. The Kier molecular flexibility index (Phi) is 6.80. The van der Waals surface area contributed by atoms with Crippen LogP contribution in [0.1, 0.15) is 51.6 Å². The van der Waals surface area contributed by atoms with Crippen molar-refractivity contribution in [3.8, 4) is 0 Å². The number of piperidine rings is 1. The molecule has 0 bridgehead atoms. The first-order chi connectivity index (χ1) is 15.5. The number of nitrogens with zero attached hydrogens (tertiary/aromatic N) is 3. The number of hydrogen-bond acceptors (Lipinski definition) is 5. The zero-order valence-corrected chi connectivity index (χ0v) is 19.1. The molecule has 8 heteroatoms. The molecule has 4 rings (SSSR count). The normalized spacial score (nSPS) is 15.9. The molecule has 0 aliphatic carbocycles. The van der Waals surface area contributed by atoms with E-state index in [1.54, 1.807) is 0 Å². The van der Waals surface area contributed by atoms with Gasteiger partial charge in [-0.3, -0.25) is 4.79 Å². The van der Waals surface area contributed by atoms with Gasteiger partial charge in [0, 0.05) is 30.4 Å². The highest BCUT2D eigenvalue weighted by atomic mass is 32.1. The number of aryl methyl sites for hydroxylation is 2. The standard InChI is InChI=1S/C24H27N5O2S/c1-3-17-7-4-5-9-20(17)26-24(31)29-14-6-8-18(15-29)22-27-28-23(32-22)21(30)25-19-12-10-16(2)11-13-19/h4-5,7,9-13,18H,3,6,8,14-15H2,1-2H3,(H,25,30)(H,26,31). The Labute approximate surface area is 191 Å². The lowest BCUT2D eigenvalue weighted by Gasteiger charge is -2.31. The molecule has 1 aromatic heterocycles. The van der Waals surface area contributed by atoms with E-state index in [1.165, 1.54) is 11.3 Å². The number of carbonyl (C=O) groups excluding carboxylic acids is 2. The van der Waals surface area contributed by atoms with Gasteiger partial charge in [0.1, 0.15) is 5.01 Å². The third kappa shape index (κ3) is 5.13. The Bertz CT molecular complexity index is 1100. The first-order valence-electron chi connectivity index (χ1n) is 10.9. The number of hydrogen-bond donors (Lipinski definition) is 2. The Hall–Kier alpha value is -3.26. The summed E-state index contributed by atoms with van der Waals surface area (Å²) in [5, 5.41) is 15.4. The summed E-state index contributed by atoms with van der Waals surface area (Å²) in [7, 11) is 0. The highest BCUT2D eigenvalue weighted by molar-refractivity contribution is 7.13. The maximum Gasteiger partial charge on any atom is 0.321 e. The number of carbonyl (C=O) groups is 2. The molecule has 2 heterocycles.